The van der Waals surface area contributed by atoms with Crippen LogP contribution in [0, 0.1) is 0 Å². The first kappa shape index (κ1) is 22.0. The summed E-state index contributed by atoms with van der Waals surface area (Å²) in [5.41, 5.74) is 1.72. The maximum Gasteiger partial charge on any atom is 0.338 e. The van der Waals surface area contributed by atoms with E-state index in [4.69, 9.17) is 14.2 Å². The maximum atomic E-state index is 13.0. The number of likely N-dealkylation sites (tertiary alicyclic amines) is 1. The molecule has 2 amide bonds. The predicted octanol–water partition coefficient (Wildman–Crippen LogP) is 2.75. The zero-order valence-electron chi connectivity index (χ0n) is 18.1. The molecule has 2 atom stereocenters. The summed E-state index contributed by atoms with van der Waals surface area (Å²) in [5.74, 6) is 0.659. The Morgan fingerprint density at radius 1 is 1.20 bits per heavy atom. The Labute approximate surface area is 177 Å². The molecule has 1 saturated heterocycles. The molecule has 2 aliphatic heterocycles. The molecule has 164 valence electrons. The Hall–Kier alpha value is -2.74. The summed E-state index contributed by atoms with van der Waals surface area (Å²) < 4.78 is 16.1. The van der Waals surface area contributed by atoms with Gasteiger partial charge in [-0.25, -0.2) is 9.59 Å². The first-order valence-corrected chi connectivity index (χ1v) is 10.4. The topological polar surface area (TPSA) is 89.1 Å². The molecule has 8 heteroatoms. The van der Waals surface area contributed by atoms with Crippen LogP contribution in [0.5, 0.6) is 11.5 Å². The van der Waals surface area contributed by atoms with Gasteiger partial charge >= 0.3 is 12.0 Å². The normalized spacial score (nSPS) is 22.2. The fourth-order valence-corrected chi connectivity index (χ4v) is 4.07. The Bertz CT molecular complexity index is 823. The third kappa shape index (κ3) is 4.70. The lowest BCUT2D eigenvalue weighted by Gasteiger charge is -2.36. The lowest BCUT2D eigenvalue weighted by Crippen LogP contribution is -2.50. The van der Waals surface area contributed by atoms with Gasteiger partial charge in [0.1, 0.15) is 0 Å². The van der Waals surface area contributed by atoms with Gasteiger partial charge in [-0.2, -0.15) is 0 Å². The molecule has 0 bridgehead atoms. The summed E-state index contributed by atoms with van der Waals surface area (Å²) in [6.07, 6.45) is 3.41. The first-order chi connectivity index (χ1) is 14.5. The number of hydrogen-bond acceptors (Lipinski definition) is 6. The fourth-order valence-electron chi connectivity index (χ4n) is 4.07. The summed E-state index contributed by atoms with van der Waals surface area (Å²) in [6, 6.07) is 4.75. The van der Waals surface area contributed by atoms with Crippen LogP contribution in [0.25, 0.3) is 0 Å². The molecule has 0 unspecified atom stereocenters. The van der Waals surface area contributed by atoms with E-state index in [1.807, 2.05) is 6.07 Å². The van der Waals surface area contributed by atoms with E-state index in [1.54, 1.807) is 33.3 Å². The van der Waals surface area contributed by atoms with Crippen LogP contribution >= 0.6 is 0 Å². The van der Waals surface area contributed by atoms with Crippen LogP contribution in [-0.2, 0) is 9.53 Å². The Morgan fingerprint density at radius 3 is 2.63 bits per heavy atom. The van der Waals surface area contributed by atoms with Gasteiger partial charge in [0.05, 0.1) is 32.4 Å². The highest BCUT2D eigenvalue weighted by molar-refractivity contribution is 5.95. The summed E-state index contributed by atoms with van der Waals surface area (Å²) in [7, 11) is 3.11. The van der Waals surface area contributed by atoms with Gasteiger partial charge < -0.3 is 24.8 Å². The number of urea groups is 1. The number of ether oxygens (including phenoxy) is 3. The van der Waals surface area contributed by atoms with Gasteiger partial charge in [0.2, 0.25) is 0 Å². The van der Waals surface area contributed by atoms with Crippen LogP contribution in [0.4, 0.5) is 4.79 Å². The summed E-state index contributed by atoms with van der Waals surface area (Å²) >= 11 is 0. The highest BCUT2D eigenvalue weighted by Crippen LogP contribution is 2.35. The molecule has 0 saturated carbocycles. The molecule has 0 aromatic heterocycles. The van der Waals surface area contributed by atoms with E-state index in [9.17, 15) is 9.59 Å². The van der Waals surface area contributed by atoms with Crippen LogP contribution in [0.3, 0.4) is 0 Å². The molecule has 1 fully saturated rings. The van der Waals surface area contributed by atoms with E-state index in [1.165, 1.54) is 6.42 Å². The van der Waals surface area contributed by atoms with E-state index in [2.05, 4.69) is 22.5 Å². The van der Waals surface area contributed by atoms with Crippen molar-refractivity contribution >= 4 is 12.0 Å². The molecule has 2 N–H and O–H groups in total. The number of amides is 2. The third-order valence-electron chi connectivity index (χ3n) is 5.69. The van der Waals surface area contributed by atoms with Gasteiger partial charge in [0, 0.05) is 18.3 Å². The highest BCUT2D eigenvalue weighted by atomic mass is 16.5. The molecule has 1 aromatic rings. The van der Waals surface area contributed by atoms with Crippen molar-refractivity contribution in [3.05, 3.63) is 35.0 Å². The van der Waals surface area contributed by atoms with Crippen molar-refractivity contribution in [2.45, 2.75) is 45.2 Å². The monoisotopic (exact) mass is 417 g/mol. The number of methoxy groups -OCH3 is 2. The zero-order chi connectivity index (χ0) is 21.7. The maximum absolute atomic E-state index is 13.0. The SMILES string of the molecule is CCOC(=O)C1=C(CN2CCCC[C@@H]2C)NC(=O)N[C@H]1c1ccc(OC)c(OC)c1. The first-order valence-electron chi connectivity index (χ1n) is 10.4. The molecule has 3 rings (SSSR count). The molecule has 0 spiro atoms. The number of hydrogen-bond donors (Lipinski definition) is 2. The smallest absolute Gasteiger partial charge is 0.338 e. The molecule has 2 aliphatic rings. The Kier molecular flexibility index (Phi) is 7.20. The number of piperidine rings is 1. The number of benzene rings is 1. The lowest BCUT2D eigenvalue weighted by molar-refractivity contribution is -0.139. The van der Waals surface area contributed by atoms with Gasteiger partial charge in [-0.15, -0.1) is 0 Å². The summed E-state index contributed by atoms with van der Waals surface area (Å²) in [6.45, 7) is 5.63. The molecule has 1 aromatic carbocycles. The van der Waals surface area contributed by atoms with Gasteiger partial charge in [-0.05, 0) is 50.9 Å². The molecule has 0 radical (unpaired) electrons. The minimum absolute atomic E-state index is 0.252. The number of esters is 1. The van der Waals surface area contributed by atoms with Crippen molar-refractivity contribution in [3.8, 4) is 11.5 Å². The zero-order valence-corrected chi connectivity index (χ0v) is 18.1. The molecule has 8 nitrogen and oxygen atoms in total. The molecular weight excluding hydrogens is 386 g/mol. The van der Waals surface area contributed by atoms with E-state index >= 15 is 0 Å². The summed E-state index contributed by atoms with van der Waals surface area (Å²) in [5, 5.41) is 5.72. The second-order valence-electron chi connectivity index (χ2n) is 7.57. The molecule has 2 heterocycles. The predicted molar refractivity (Wildman–Crippen MR) is 112 cm³/mol. The minimum atomic E-state index is -0.646. The molecular formula is C22H31N3O5. The van der Waals surface area contributed by atoms with E-state index < -0.39 is 12.0 Å². The molecule has 30 heavy (non-hydrogen) atoms. The minimum Gasteiger partial charge on any atom is -0.493 e. The van der Waals surface area contributed by atoms with E-state index in [0.717, 1.165) is 24.9 Å². The Balaban J connectivity index is 2.03. The van der Waals surface area contributed by atoms with Gasteiger partial charge in [-0.1, -0.05) is 12.5 Å². The fraction of sp³-hybridized carbons (Fsp3) is 0.545. The Morgan fingerprint density at radius 2 is 1.97 bits per heavy atom. The quantitative estimate of drug-likeness (QED) is 0.663. The number of rotatable bonds is 7. The van der Waals surface area contributed by atoms with Crippen LogP contribution in [-0.4, -0.2) is 56.9 Å². The van der Waals surface area contributed by atoms with Crippen LogP contribution in [0.1, 0.15) is 44.7 Å². The van der Waals surface area contributed by atoms with Crippen LogP contribution in [0.15, 0.2) is 29.5 Å². The van der Waals surface area contributed by atoms with Crippen LogP contribution in [0.2, 0.25) is 0 Å². The second-order valence-corrected chi connectivity index (χ2v) is 7.57. The molecule has 0 aliphatic carbocycles. The third-order valence-corrected chi connectivity index (χ3v) is 5.69. The number of nitrogens with zero attached hydrogens (tertiary/aromatic N) is 1. The second kappa shape index (κ2) is 9.84. The number of nitrogens with one attached hydrogen (secondary N) is 2. The van der Waals surface area contributed by atoms with Gasteiger partial charge in [-0.3, -0.25) is 4.90 Å². The largest absolute Gasteiger partial charge is 0.493 e. The number of carbonyl (C=O) groups is 2. The lowest BCUT2D eigenvalue weighted by atomic mass is 9.94. The van der Waals surface area contributed by atoms with Crippen molar-refractivity contribution in [1.29, 1.82) is 0 Å². The van der Waals surface area contributed by atoms with Crippen molar-refractivity contribution in [2.75, 3.05) is 33.9 Å². The van der Waals surface area contributed by atoms with Crippen molar-refractivity contribution in [2.24, 2.45) is 0 Å². The van der Waals surface area contributed by atoms with Crippen molar-refractivity contribution < 1.29 is 23.8 Å². The van der Waals surface area contributed by atoms with E-state index in [-0.39, 0.29) is 12.6 Å². The van der Waals surface area contributed by atoms with Crippen molar-refractivity contribution in [1.82, 2.24) is 15.5 Å². The van der Waals surface area contributed by atoms with Crippen LogP contribution < -0.4 is 20.1 Å². The van der Waals surface area contributed by atoms with Gasteiger partial charge in [0.15, 0.2) is 11.5 Å². The van der Waals surface area contributed by atoms with E-state index in [0.29, 0.717) is 35.4 Å². The van der Waals surface area contributed by atoms with Gasteiger partial charge in [0.25, 0.3) is 0 Å². The highest BCUT2D eigenvalue weighted by Gasteiger charge is 2.35. The van der Waals surface area contributed by atoms with Crippen molar-refractivity contribution in [3.63, 3.8) is 0 Å². The summed E-state index contributed by atoms with van der Waals surface area (Å²) in [4.78, 5) is 27.8. The average molecular weight is 418 g/mol. The number of carbonyl (C=O) groups excluding carboxylic acids is 2. The average Bonchev–Trinajstić information content (AvgIpc) is 2.74. The standard InChI is InChI=1S/C22H31N3O5/c1-5-30-21(26)19-16(13-25-11-7-6-8-14(25)2)23-22(27)24-20(19)15-9-10-17(28-3)18(12-15)29-4/h9-10,12,14,20H,5-8,11,13H2,1-4H3,(H2,23,24,27)/t14-,20-/m0/s1.